The molecule has 120 valence electrons. The van der Waals surface area contributed by atoms with Crippen molar-refractivity contribution in [1.82, 2.24) is 9.88 Å². The van der Waals surface area contributed by atoms with E-state index in [0.29, 0.717) is 5.69 Å². The summed E-state index contributed by atoms with van der Waals surface area (Å²) >= 11 is 1.39. The Morgan fingerprint density at radius 3 is 2.68 bits per heavy atom. The summed E-state index contributed by atoms with van der Waals surface area (Å²) in [5.74, 6) is -0.664. The van der Waals surface area contributed by atoms with Crippen LogP contribution in [0, 0.1) is 11.3 Å². The van der Waals surface area contributed by atoms with Gasteiger partial charge in [-0.15, -0.1) is 11.3 Å². The number of hydrogen-bond acceptors (Lipinski definition) is 7. The third kappa shape index (κ3) is 5.69. The molecule has 0 bridgehead atoms. The molecule has 0 saturated heterocycles. The first-order chi connectivity index (χ1) is 10.2. The highest BCUT2D eigenvalue weighted by molar-refractivity contribution is 7.07. The van der Waals surface area contributed by atoms with Gasteiger partial charge in [-0.25, -0.2) is 14.6 Å². The van der Waals surface area contributed by atoms with Crippen LogP contribution in [0.5, 0.6) is 0 Å². The summed E-state index contributed by atoms with van der Waals surface area (Å²) in [5, 5.41) is 10.3. The van der Waals surface area contributed by atoms with Crippen molar-refractivity contribution in [2.24, 2.45) is 0 Å². The fourth-order valence-electron chi connectivity index (χ4n) is 1.58. The number of rotatable bonds is 5. The molecule has 1 atom stereocenters. The normalized spacial score (nSPS) is 12.1. The van der Waals surface area contributed by atoms with Crippen LogP contribution in [0.2, 0.25) is 0 Å². The Balaban J connectivity index is 2.86. The lowest BCUT2D eigenvalue weighted by Gasteiger charge is -2.29. The first-order valence-electron chi connectivity index (χ1n) is 6.61. The average molecular weight is 325 g/mol. The minimum atomic E-state index is -0.898. The van der Waals surface area contributed by atoms with Crippen molar-refractivity contribution < 1.29 is 19.1 Å². The Labute approximate surface area is 133 Å². The van der Waals surface area contributed by atoms with Gasteiger partial charge in [-0.05, 0) is 20.8 Å². The summed E-state index contributed by atoms with van der Waals surface area (Å²) in [5.41, 5.74) is 1.63. The molecule has 22 heavy (non-hydrogen) atoms. The zero-order chi connectivity index (χ0) is 16.8. The zero-order valence-corrected chi connectivity index (χ0v) is 13.8. The van der Waals surface area contributed by atoms with E-state index in [1.165, 1.54) is 23.3 Å². The molecule has 1 aromatic rings. The monoisotopic (exact) mass is 325 g/mol. The molecule has 1 unspecified atom stereocenters. The highest BCUT2D eigenvalue weighted by atomic mass is 32.1. The number of nitriles is 1. The molecule has 0 saturated carbocycles. The third-order valence-corrected chi connectivity index (χ3v) is 3.22. The van der Waals surface area contributed by atoms with Gasteiger partial charge < -0.3 is 9.47 Å². The molecule has 0 N–H and O–H groups in total. The third-order valence-electron chi connectivity index (χ3n) is 2.59. The maximum absolute atomic E-state index is 12.1. The van der Waals surface area contributed by atoms with E-state index < -0.39 is 23.7 Å². The van der Waals surface area contributed by atoms with Gasteiger partial charge in [0, 0.05) is 18.8 Å². The minimum Gasteiger partial charge on any atom is -0.449 e. The predicted molar refractivity (Wildman–Crippen MR) is 80.2 cm³/mol. The van der Waals surface area contributed by atoms with Crippen molar-refractivity contribution in [3.8, 4) is 6.07 Å². The molecule has 1 aromatic heterocycles. The Hall–Kier alpha value is -2.14. The van der Waals surface area contributed by atoms with Crippen LogP contribution in [-0.2, 0) is 20.7 Å². The molecular formula is C14H19N3O4S. The Morgan fingerprint density at radius 2 is 2.18 bits per heavy atom. The van der Waals surface area contributed by atoms with E-state index in [-0.39, 0.29) is 13.0 Å². The van der Waals surface area contributed by atoms with Crippen molar-refractivity contribution in [3.63, 3.8) is 0 Å². The second-order valence-corrected chi connectivity index (χ2v) is 6.28. The Bertz CT molecular complexity index is 545. The number of thiazole rings is 1. The van der Waals surface area contributed by atoms with Gasteiger partial charge in [-0.2, -0.15) is 5.26 Å². The summed E-state index contributed by atoms with van der Waals surface area (Å²) in [6, 6.07) is 0.830. The van der Waals surface area contributed by atoms with Gasteiger partial charge >= 0.3 is 12.1 Å². The van der Waals surface area contributed by atoms with E-state index in [1.807, 2.05) is 0 Å². The fourth-order valence-corrected chi connectivity index (χ4v) is 2.15. The topological polar surface area (TPSA) is 92.5 Å². The molecule has 0 aliphatic heterocycles. The summed E-state index contributed by atoms with van der Waals surface area (Å²) in [6.45, 7) is 4.85. The molecule has 0 aromatic carbocycles. The zero-order valence-electron chi connectivity index (χ0n) is 13.0. The number of hydrogen-bond donors (Lipinski definition) is 0. The lowest BCUT2D eigenvalue weighted by atomic mass is 10.1. The molecule has 8 heteroatoms. The van der Waals surface area contributed by atoms with Crippen molar-refractivity contribution >= 4 is 23.4 Å². The number of nitrogens with zero attached hydrogens (tertiary/aromatic N) is 3. The molecule has 1 heterocycles. The molecular weight excluding hydrogens is 306 g/mol. The molecule has 1 amide bonds. The number of amides is 1. The SMILES string of the molecule is CN(C(=O)OC(C)(C)C)C(Cc1cscn1)C(=O)OCC#N. The molecule has 0 spiro atoms. The van der Waals surface area contributed by atoms with Crippen molar-refractivity contribution in [2.75, 3.05) is 13.7 Å². The van der Waals surface area contributed by atoms with E-state index in [4.69, 9.17) is 14.7 Å². The summed E-state index contributed by atoms with van der Waals surface area (Å²) in [6.07, 6.45) is -0.439. The molecule has 0 fully saturated rings. The molecule has 1 rings (SSSR count). The highest BCUT2D eigenvalue weighted by Gasteiger charge is 2.32. The molecule has 0 radical (unpaired) electrons. The van der Waals surface area contributed by atoms with Crippen LogP contribution >= 0.6 is 11.3 Å². The van der Waals surface area contributed by atoms with E-state index in [9.17, 15) is 9.59 Å². The highest BCUT2D eigenvalue weighted by Crippen LogP contribution is 2.15. The van der Waals surface area contributed by atoms with E-state index >= 15 is 0 Å². The van der Waals surface area contributed by atoms with E-state index in [0.717, 1.165) is 0 Å². The number of carbonyl (C=O) groups is 2. The summed E-state index contributed by atoms with van der Waals surface area (Å²) in [4.78, 5) is 29.5. The van der Waals surface area contributed by atoms with Gasteiger partial charge in [0.05, 0.1) is 11.2 Å². The number of ether oxygens (including phenoxy) is 2. The number of aromatic nitrogens is 1. The Kier molecular flexibility index (Phi) is 6.31. The average Bonchev–Trinajstić information content (AvgIpc) is 2.92. The molecule has 0 aliphatic rings. The van der Waals surface area contributed by atoms with Gasteiger partial charge in [-0.1, -0.05) is 0 Å². The summed E-state index contributed by atoms with van der Waals surface area (Å²) in [7, 11) is 1.46. The fraction of sp³-hybridized carbons (Fsp3) is 0.571. The lowest BCUT2D eigenvalue weighted by Crippen LogP contribution is -2.46. The smallest absolute Gasteiger partial charge is 0.410 e. The maximum Gasteiger partial charge on any atom is 0.410 e. The van der Waals surface area contributed by atoms with Crippen LogP contribution in [0.4, 0.5) is 4.79 Å². The first kappa shape index (κ1) is 17.9. The van der Waals surface area contributed by atoms with Crippen LogP contribution in [-0.4, -0.2) is 47.2 Å². The minimum absolute atomic E-state index is 0.198. The lowest BCUT2D eigenvalue weighted by molar-refractivity contribution is -0.148. The van der Waals surface area contributed by atoms with Crippen molar-refractivity contribution in [2.45, 2.75) is 38.8 Å². The molecule has 7 nitrogen and oxygen atoms in total. The van der Waals surface area contributed by atoms with Gasteiger partial charge in [-0.3, -0.25) is 4.90 Å². The van der Waals surface area contributed by atoms with E-state index in [1.54, 1.807) is 37.7 Å². The van der Waals surface area contributed by atoms with Crippen LogP contribution in [0.1, 0.15) is 26.5 Å². The van der Waals surface area contributed by atoms with Gasteiger partial charge in [0.25, 0.3) is 0 Å². The van der Waals surface area contributed by atoms with Crippen LogP contribution in [0.15, 0.2) is 10.9 Å². The van der Waals surface area contributed by atoms with Crippen molar-refractivity contribution in [3.05, 3.63) is 16.6 Å². The van der Waals surface area contributed by atoms with Crippen LogP contribution < -0.4 is 0 Å². The quantitative estimate of drug-likeness (QED) is 0.769. The number of esters is 1. The molecule has 0 aliphatic carbocycles. The van der Waals surface area contributed by atoms with Gasteiger partial charge in [0.2, 0.25) is 0 Å². The van der Waals surface area contributed by atoms with Gasteiger partial charge in [0.1, 0.15) is 17.7 Å². The van der Waals surface area contributed by atoms with Gasteiger partial charge in [0.15, 0.2) is 6.61 Å². The maximum atomic E-state index is 12.1. The Morgan fingerprint density at radius 1 is 1.50 bits per heavy atom. The second kappa shape index (κ2) is 7.75. The standard InChI is InChI=1S/C14H19N3O4S/c1-14(2,3)21-13(19)17(4)11(12(18)20-6-5-15)7-10-8-22-9-16-10/h8-9,11H,6-7H2,1-4H3. The largest absolute Gasteiger partial charge is 0.449 e. The number of likely N-dealkylation sites (N-methyl/N-ethyl adjacent to an activating group) is 1. The second-order valence-electron chi connectivity index (χ2n) is 5.56. The van der Waals surface area contributed by atoms with Crippen molar-refractivity contribution in [1.29, 1.82) is 5.26 Å². The summed E-state index contributed by atoms with van der Waals surface area (Å²) < 4.78 is 10.1. The predicted octanol–water partition coefficient (Wildman–Crippen LogP) is 1.99. The van der Waals surface area contributed by atoms with Crippen LogP contribution in [0.25, 0.3) is 0 Å². The van der Waals surface area contributed by atoms with Crippen LogP contribution in [0.3, 0.4) is 0 Å². The number of carbonyl (C=O) groups excluding carboxylic acids is 2. The van der Waals surface area contributed by atoms with E-state index in [2.05, 4.69) is 4.98 Å². The first-order valence-corrected chi connectivity index (χ1v) is 7.55.